The van der Waals surface area contributed by atoms with Gasteiger partial charge in [0.1, 0.15) is 18.3 Å². The van der Waals surface area contributed by atoms with Gasteiger partial charge >= 0.3 is 0 Å². The van der Waals surface area contributed by atoms with Crippen molar-refractivity contribution in [2.75, 3.05) is 7.11 Å². The number of amidine groups is 1. The van der Waals surface area contributed by atoms with Gasteiger partial charge in [0.05, 0.1) is 0 Å². The van der Waals surface area contributed by atoms with Crippen LogP contribution in [0.25, 0.3) is 0 Å². The Morgan fingerprint density at radius 1 is 1.53 bits per heavy atom. The number of rotatable bonds is 3. The lowest BCUT2D eigenvalue weighted by atomic mass is 9.89. The predicted octanol–water partition coefficient (Wildman–Crippen LogP) is 0.838. The zero-order chi connectivity index (χ0) is 12.6. The maximum atomic E-state index is 12.0. The van der Waals surface area contributed by atoms with Crippen molar-refractivity contribution in [3.8, 4) is 0 Å². The molecule has 1 amide bonds. The van der Waals surface area contributed by atoms with Crippen molar-refractivity contribution in [3.05, 3.63) is 24.0 Å². The summed E-state index contributed by atoms with van der Waals surface area (Å²) >= 11 is 0. The molecule has 1 aromatic rings. The quantitative estimate of drug-likeness (QED) is 0.844. The molecule has 1 aromatic heterocycles. The molecule has 0 aromatic carbocycles. The van der Waals surface area contributed by atoms with Crippen LogP contribution in [-0.2, 0) is 4.79 Å². The molecule has 1 unspecified atom stereocenters. The lowest BCUT2D eigenvalue weighted by Crippen LogP contribution is -2.41. The minimum atomic E-state index is -0.696. The van der Waals surface area contributed by atoms with E-state index in [0.29, 0.717) is 5.84 Å². The summed E-state index contributed by atoms with van der Waals surface area (Å²) in [5.74, 6) is 0.648. The second-order valence-electron chi connectivity index (χ2n) is 4.62. The van der Waals surface area contributed by atoms with Crippen LogP contribution in [0.4, 0.5) is 0 Å². The van der Waals surface area contributed by atoms with Crippen molar-refractivity contribution in [1.82, 2.24) is 10.0 Å². The van der Waals surface area contributed by atoms with Gasteiger partial charge in [-0.15, -0.1) is 0 Å². The Bertz CT molecular complexity index is 476. The van der Waals surface area contributed by atoms with Crippen LogP contribution in [0.3, 0.4) is 0 Å². The summed E-state index contributed by atoms with van der Waals surface area (Å²) < 4.78 is 1.57. The average molecular weight is 235 g/mol. The van der Waals surface area contributed by atoms with Crippen LogP contribution < -0.4 is 10.2 Å². The fraction of sp³-hybridized carbons (Fsp3) is 0.500. The van der Waals surface area contributed by atoms with Gasteiger partial charge < -0.3 is 10.2 Å². The third-order valence-electron chi connectivity index (χ3n) is 3.31. The van der Waals surface area contributed by atoms with Crippen LogP contribution in [-0.4, -0.2) is 29.1 Å². The summed E-state index contributed by atoms with van der Waals surface area (Å²) in [5, 5.41) is 2.81. The number of amides is 1. The highest BCUT2D eigenvalue weighted by atomic mass is 16.6. The molecule has 0 radical (unpaired) electrons. The Labute approximate surface area is 100 Å². The molecule has 1 aliphatic rings. The van der Waals surface area contributed by atoms with Gasteiger partial charge in [0.15, 0.2) is 5.84 Å². The van der Waals surface area contributed by atoms with E-state index in [0.717, 1.165) is 5.69 Å². The maximum absolute atomic E-state index is 12.0. The van der Waals surface area contributed by atoms with Gasteiger partial charge in [-0.25, -0.2) is 4.99 Å². The first kappa shape index (κ1) is 11.7. The van der Waals surface area contributed by atoms with Crippen LogP contribution >= 0.6 is 0 Å². The predicted molar refractivity (Wildman–Crippen MR) is 64.9 cm³/mol. The Morgan fingerprint density at radius 2 is 2.24 bits per heavy atom. The number of hydrogen-bond donors (Lipinski definition) is 1. The number of aromatic nitrogens is 1. The first-order chi connectivity index (χ1) is 7.99. The van der Waals surface area contributed by atoms with Crippen molar-refractivity contribution < 1.29 is 9.63 Å². The molecular weight excluding hydrogens is 218 g/mol. The third-order valence-corrected chi connectivity index (χ3v) is 3.31. The molecule has 1 atom stereocenters. The number of carbonyl (C=O) groups is 1. The number of nitrogens with one attached hydrogen (secondary N) is 1. The Morgan fingerprint density at radius 3 is 2.76 bits per heavy atom. The van der Waals surface area contributed by atoms with Crippen molar-refractivity contribution in [2.24, 2.45) is 10.9 Å². The lowest BCUT2D eigenvalue weighted by molar-refractivity contribution is -0.124. The lowest BCUT2D eigenvalue weighted by Gasteiger charge is -2.21. The van der Waals surface area contributed by atoms with Crippen molar-refractivity contribution in [1.29, 1.82) is 0 Å². The average Bonchev–Trinajstić information content (AvgIpc) is 2.84. The Balaban J connectivity index is 2.40. The monoisotopic (exact) mass is 235 g/mol. The first-order valence-electron chi connectivity index (χ1n) is 5.62. The molecule has 17 heavy (non-hydrogen) atoms. The second kappa shape index (κ2) is 3.91. The van der Waals surface area contributed by atoms with Crippen LogP contribution in [0.1, 0.15) is 26.5 Å². The van der Waals surface area contributed by atoms with Gasteiger partial charge in [-0.05, 0) is 25.0 Å². The van der Waals surface area contributed by atoms with E-state index in [1.54, 1.807) is 18.0 Å². The van der Waals surface area contributed by atoms with Gasteiger partial charge in [-0.1, -0.05) is 13.8 Å². The molecule has 2 heterocycles. The molecule has 0 saturated heterocycles. The summed E-state index contributed by atoms with van der Waals surface area (Å²) in [7, 11) is 1.57. The number of nitrogens with zero attached hydrogens (tertiary/aromatic N) is 2. The van der Waals surface area contributed by atoms with E-state index in [4.69, 9.17) is 4.84 Å². The van der Waals surface area contributed by atoms with Crippen LogP contribution in [0.2, 0.25) is 0 Å². The molecule has 92 valence electrons. The van der Waals surface area contributed by atoms with Crippen molar-refractivity contribution >= 4 is 11.7 Å². The molecular formula is C12H17N3O2. The highest BCUT2D eigenvalue weighted by Crippen LogP contribution is 2.26. The largest absolute Gasteiger partial charge is 0.417 e. The summed E-state index contributed by atoms with van der Waals surface area (Å²) in [6, 6.07) is 3.70. The topological polar surface area (TPSA) is 55.6 Å². The smallest absolute Gasteiger partial charge is 0.253 e. The van der Waals surface area contributed by atoms with E-state index < -0.39 is 5.54 Å². The van der Waals surface area contributed by atoms with Gasteiger partial charge in [-0.2, -0.15) is 4.73 Å². The summed E-state index contributed by atoms with van der Waals surface area (Å²) in [5.41, 5.74) is 0.0586. The van der Waals surface area contributed by atoms with Gasteiger partial charge in [0, 0.05) is 6.20 Å². The van der Waals surface area contributed by atoms with Crippen LogP contribution in [0.15, 0.2) is 23.3 Å². The highest BCUT2D eigenvalue weighted by Gasteiger charge is 2.42. The summed E-state index contributed by atoms with van der Waals surface area (Å²) in [6.07, 6.45) is 1.77. The molecule has 2 rings (SSSR count). The molecule has 0 saturated carbocycles. The molecule has 0 spiro atoms. The minimum Gasteiger partial charge on any atom is -0.417 e. The van der Waals surface area contributed by atoms with Gasteiger partial charge in [-0.3, -0.25) is 4.79 Å². The van der Waals surface area contributed by atoms with Crippen molar-refractivity contribution in [2.45, 2.75) is 26.3 Å². The van der Waals surface area contributed by atoms with Crippen LogP contribution in [0, 0.1) is 5.92 Å². The second-order valence-corrected chi connectivity index (χ2v) is 4.62. The Hall–Kier alpha value is -1.78. The third kappa shape index (κ3) is 1.71. The SMILES string of the molecule is COn1cccc1C1=NC(C)(C(C)C)C(=O)N1. The minimum absolute atomic E-state index is 0.0636. The van der Waals surface area contributed by atoms with Crippen LogP contribution in [0.5, 0.6) is 0 Å². The van der Waals surface area contributed by atoms with E-state index in [1.165, 1.54) is 0 Å². The summed E-state index contributed by atoms with van der Waals surface area (Å²) in [6.45, 7) is 5.82. The number of aliphatic imine (C=N–C) groups is 1. The van der Waals surface area contributed by atoms with E-state index in [-0.39, 0.29) is 11.8 Å². The molecule has 1 N–H and O–H groups in total. The zero-order valence-electron chi connectivity index (χ0n) is 10.5. The fourth-order valence-electron chi connectivity index (χ4n) is 1.77. The normalized spacial score (nSPS) is 23.8. The van der Waals surface area contributed by atoms with E-state index in [1.807, 2.05) is 32.9 Å². The van der Waals surface area contributed by atoms with Gasteiger partial charge in [0.2, 0.25) is 0 Å². The maximum Gasteiger partial charge on any atom is 0.253 e. The molecule has 0 aliphatic carbocycles. The molecule has 5 heteroatoms. The van der Waals surface area contributed by atoms with E-state index >= 15 is 0 Å². The molecule has 0 fully saturated rings. The van der Waals surface area contributed by atoms with Crippen molar-refractivity contribution in [3.63, 3.8) is 0 Å². The standard InChI is InChI=1S/C12H17N3O2/c1-8(2)12(3)11(16)13-10(14-12)9-6-5-7-15(9)17-4/h5-8H,1-4H3,(H,13,14,16). The number of hydrogen-bond acceptors (Lipinski definition) is 3. The van der Waals surface area contributed by atoms with E-state index in [9.17, 15) is 4.79 Å². The first-order valence-corrected chi connectivity index (χ1v) is 5.62. The number of carbonyl (C=O) groups excluding carboxylic acids is 1. The Kier molecular flexibility index (Phi) is 2.69. The van der Waals surface area contributed by atoms with E-state index in [2.05, 4.69) is 10.3 Å². The molecule has 5 nitrogen and oxygen atoms in total. The molecule has 1 aliphatic heterocycles. The molecule has 0 bridgehead atoms. The highest BCUT2D eigenvalue weighted by molar-refractivity contribution is 6.14. The van der Waals surface area contributed by atoms with Gasteiger partial charge in [0.25, 0.3) is 5.91 Å². The summed E-state index contributed by atoms with van der Waals surface area (Å²) in [4.78, 5) is 21.6. The fourth-order valence-corrected chi connectivity index (χ4v) is 1.77. The zero-order valence-corrected chi connectivity index (χ0v) is 10.5.